The number of rotatable bonds is 65. The third-order valence-electron chi connectivity index (χ3n) is 14.5. The van der Waals surface area contributed by atoms with E-state index in [9.17, 15) is 44.4 Å². The molecule has 1 heterocycles. The maximum absolute atomic E-state index is 12.1. The summed E-state index contributed by atoms with van der Waals surface area (Å²) in [5.41, 5.74) is -7.11. The predicted molar refractivity (Wildman–Crippen MR) is 427 cm³/mol. The lowest BCUT2D eigenvalue weighted by Crippen LogP contribution is -2.87. The first-order chi connectivity index (χ1) is 51.8. The summed E-state index contributed by atoms with van der Waals surface area (Å²) in [6.45, 7) is 58.0. The molecule has 32 nitrogen and oxygen atoms in total. The van der Waals surface area contributed by atoms with Crippen molar-refractivity contribution in [2.75, 3.05) is 239 Å². The second kappa shape index (κ2) is 68.1. The number of halogens is 3. The molecule has 1 aliphatic heterocycles. The van der Waals surface area contributed by atoms with Crippen LogP contribution >= 0.6 is 0 Å². The van der Waals surface area contributed by atoms with Crippen molar-refractivity contribution >= 4 is 80.6 Å². The third-order valence-corrected chi connectivity index (χ3v) is 35.0. The van der Waals surface area contributed by atoms with E-state index < -0.39 is 98.2 Å². The molecule has 1 fully saturated rings. The Morgan fingerprint density at radius 2 is 0.739 bits per heavy atom. The van der Waals surface area contributed by atoms with Crippen LogP contribution in [0.1, 0.15) is 94.4 Å². The van der Waals surface area contributed by atoms with Crippen molar-refractivity contribution in [1.82, 2.24) is 0 Å². The van der Waals surface area contributed by atoms with Crippen LogP contribution in [0, 0.1) is 16.7 Å². The normalized spacial score (nSPS) is 13.7. The molecule has 0 bridgehead atoms. The Balaban J connectivity index is -0.000000700. The summed E-state index contributed by atoms with van der Waals surface area (Å²) in [5.74, 6) is -1.04. The van der Waals surface area contributed by atoms with E-state index in [1.165, 1.54) is 0 Å². The first kappa shape index (κ1) is 116. The van der Waals surface area contributed by atoms with E-state index in [-0.39, 0.29) is 24.5 Å². The minimum atomic E-state index is -6.23. The molecule has 1 rings (SSSR count). The second-order valence-corrected chi connectivity index (χ2v) is 51.9. The number of sulfonamides is 1. The number of morpholine rings is 1. The smallest absolute Gasteiger partial charge is 0.465 e. The van der Waals surface area contributed by atoms with Crippen molar-refractivity contribution in [3.63, 3.8) is 0 Å². The van der Waals surface area contributed by atoms with Crippen LogP contribution in [0.4, 0.5) is 13.2 Å². The zero-order chi connectivity index (χ0) is 85.3. The molecule has 0 amide bonds. The van der Waals surface area contributed by atoms with Gasteiger partial charge in [0.25, 0.3) is 0 Å². The standard InChI is InChI=1S/C26H52O12.C20H50O6Si5.C10H22O4.C9H15F3NO7S2.C4H9NO/c1-4-25(2)26(27)38-24-23-37-22-21-36-20-19-35-18-17-34-16-15-33-14-13-32-12-11-31-10-9-30-8-7-29-6-5-28-3;1-15-20(2,3)19(21)22-17-16-18-28(7,8)24-30(11,12)26-31(13,14)25-29(9,10)23-27(4,5)6;1-3-4-12-7-8-14-10-9-13-6-5-11-2;1-4-8(2,3)7(14)19-5-6-20-22(17,18)13-21(15,16)9(10,11)12;1-3-6-4-2-5-1/h25H,4-24H2,1-3H3;15-18H2,1-14H3;3-10H2,1-2H3;4-6H2,1-3H3;5H,1-4H2/q;;;-1;/p+1. The molecule has 668 valence electrons. The van der Waals surface area contributed by atoms with E-state index in [1.54, 1.807) is 39.1 Å². The van der Waals surface area contributed by atoms with Crippen LogP contribution in [0.5, 0.6) is 0 Å². The van der Waals surface area contributed by atoms with Gasteiger partial charge >= 0.3 is 49.1 Å². The van der Waals surface area contributed by atoms with Gasteiger partial charge in [-0.05, 0) is 138 Å². The van der Waals surface area contributed by atoms with E-state index in [1.807, 2.05) is 34.6 Å². The molecule has 1 atom stereocenters. The average molecular weight is 1750 g/mol. The SMILES string of the molecule is C1COCC[NH2+]1.CCC(C)(C)C(=O)OCCC[Si](C)(C)O[Si](C)(C)O[Si](C)(C)O[Si](C)(C)O[Si](C)(C)C.CCC(C)(C)C(=O)OCCOS(=O)(=O)[N-]S(=O)(=O)C(F)(F)F.CCC(C)C(=O)OCCOCCOCCOCCOCCOCCOCCOCCOCCOCCOC.CCCOCCOCCOCCOC. The molecule has 0 aromatic heterocycles. The molecular formula is C69H149F3N2O30S2Si5. The Hall–Kier alpha value is -1.70. The number of carbonyl (C=O) groups excluding carboxylic acids is 3. The number of carbonyl (C=O) groups is 3. The van der Waals surface area contributed by atoms with E-state index in [2.05, 4.69) is 93.2 Å². The van der Waals surface area contributed by atoms with E-state index in [0.29, 0.717) is 178 Å². The monoisotopic (exact) mass is 1750 g/mol. The first-order valence-electron chi connectivity index (χ1n) is 38.4. The summed E-state index contributed by atoms with van der Waals surface area (Å²) in [5, 5.41) is 2.27. The highest BCUT2D eigenvalue weighted by atomic mass is 32.3. The highest BCUT2D eigenvalue weighted by Crippen LogP contribution is 2.31. The summed E-state index contributed by atoms with van der Waals surface area (Å²) in [6.07, 6.45) is 3.85. The fourth-order valence-corrected chi connectivity index (χ4v) is 33.9. The van der Waals surface area contributed by atoms with Gasteiger partial charge in [-0.25, -0.2) is 16.8 Å². The van der Waals surface area contributed by atoms with Gasteiger partial charge in [-0.3, -0.25) is 18.6 Å². The highest BCUT2D eigenvalue weighted by Gasteiger charge is 2.45. The Bertz CT molecular complexity index is 2440. The van der Waals surface area contributed by atoms with Crippen molar-refractivity contribution in [3.05, 3.63) is 4.13 Å². The predicted octanol–water partition coefficient (Wildman–Crippen LogP) is 9.06. The van der Waals surface area contributed by atoms with Gasteiger partial charge in [0.2, 0.25) is 10.3 Å². The highest BCUT2D eigenvalue weighted by molar-refractivity contribution is 8.10. The molecule has 0 aliphatic carbocycles. The fourth-order valence-electron chi connectivity index (χ4n) is 8.42. The van der Waals surface area contributed by atoms with Crippen molar-refractivity contribution in [3.8, 4) is 0 Å². The first-order valence-corrected chi connectivity index (χ1v) is 56.1. The zero-order valence-corrected chi connectivity index (χ0v) is 78.2. The van der Waals surface area contributed by atoms with E-state index in [4.69, 9.17) is 97.0 Å². The number of nitrogens with two attached hydrogens (primary N) is 1. The minimum Gasteiger partial charge on any atom is -0.465 e. The number of hydrogen-bond acceptors (Lipinski definition) is 30. The summed E-state index contributed by atoms with van der Waals surface area (Å²) < 4.78 is 205. The largest absolute Gasteiger partial charge is 0.480 e. The van der Waals surface area contributed by atoms with Crippen LogP contribution in [-0.4, -0.2) is 321 Å². The number of hydrogen-bond donors (Lipinski definition) is 1. The Labute approximate surface area is 670 Å². The lowest BCUT2D eigenvalue weighted by Gasteiger charge is -2.42. The van der Waals surface area contributed by atoms with Gasteiger partial charge in [-0.2, -0.15) is 13.2 Å². The Morgan fingerprint density at radius 3 is 1.03 bits per heavy atom. The molecule has 1 aliphatic rings. The summed E-state index contributed by atoms with van der Waals surface area (Å²) >= 11 is 0. The fraction of sp³-hybridized carbons (Fsp3) is 0.957. The third kappa shape index (κ3) is 76.7. The van der Waals surface area contributed by atoms with Crippen molar-refractivity contribution < 1.29 is 156 Å². The lowest BCUT2D eigenvalue weighted by atomic mass is 9.91. The molecule has 0 radical (unpaired) electrons. The van der Waals surface area contributed by atoms with Crippen LogP contribution in [0.15, 0.2) is 0 Å². The number of ether oxygens (including phenoxy) is 18. The van der Waals surface area contributed by atoms with Gasteiger partial charge in [-0.1, -0.05) is 34.6 Å². The van der Waals surface area contributed by atoms with Gasteiger partial charge in [-0.15, -0.1) is 0 Å². The van der Waals surface area contributed by atoms with E-state index >= 15 is 0 Å². The quantitative estimate of drug-likeness (QED) is 0.0257. The molecule has 1 unspecified atom stereocenters. The molecule has 111 heavy (non-hydrogen) atoms. The zero-order valence-electron chi connectivity index (χ0n) is 71.6. The second-order valence-electron chi connectivity index (χ2n) is 28.9. The summed E-state index contributed by atoms with van der Waals surface area (Å²) in [6, 6.07) is 0.925. The van der Waals surface area contributed by atoms with Crippen molar-refractivity contribution in [1.29, 1.82) is 0 Å². The Kier molecular flexibility index (Phi) is 71.0. The number of nitrogens with zero attached hydrogens (tertiary/aromatic N) is 1. The molecule has 0 aromatic rings. The number of alkyl halides is 3. The van der Waals surface area contributed by atoms with E-state index in [0.717, 1.165) is 64.6 Å². The van der Waals surface area contributed by atoms with Gasteiger partial charge in [0.15, 0.2) is 26.7 Å². The molecular weight excluding hydrogens is 1600 g/mol. The van der Waals surface area contributed by atoms with Crippen molar-refractivity contribution in [2.45, 2.75) is 178 Å². The van der Waals surface area contributed by atoms with Gasteiger partial charge in [0.05, 0.1) is 221 Å². The van der Waals surface area contributed by atoms with Crippen LogP contribution in [0.2, 0.25) is 78.1 Å². The topological polar surface area (TPSA) is 362 Å². The minimum absolute atomic E-state index is 0.0697. The maximum Gasteiger partial charge on any atom is 0.480 e. The van der Waals surface area contributed by atoms with Crippen LogP contribution in [0.3, 0.4) is 0 Å². The molecule has 0 spiro atoms. The lowest BCUT2D eigenvalue weighted by molar-refractivity contribution is -0.670. The van der Waals surface area contributed by atoms with Gasteiger partial charge in [0.1, 0.15) is 13.2 Å². The average Bonchev–Trinajstić information content (AvgIpc) is 0.822. The van der Waals surface area contributed by atoms with Crippen LogP contribution in [0.25, 0.3) is 4.13 Å². The molecule has 1 saturated heterocycles. The molecule has 2 N–H and O–H groups in total. The van der Waals surface area contributed by atoms with Gasteiger partial charge in [0, 0.05) is 20.8 Å². The number of methoxy groups -OCH3 is 2. The summed E-state index contributed by atoms with van der Waals surface area (Å²) in [4.78, 5) is 35.1. The number of esters is 3. The van der Waals surface area contributed by atoms with Crippen LogP contribution in [-0.2, 0) is 141 Å². The van der Waals surface area contributed by atoms with Crippen LogP contribution < -0.4 is 5.32 Å². The molecule has 0 saturated carbocycles. The Morgan fingerprint density at radius 1 is 0.432 bits per heavy atom. The summed E-state index contributed by atoms with van der Waals surface area (Å²) in [7, 11) is -19.0. The maximum atomic E-state index is 12.1. The molecule has 0 aromatic carbocycles. The number of quaternary nitrogens is 1. The van der Waals surface area contributed by atoms with Crippen molar-refractivity contribution in [2.24, 2.45) is 16.7 Å². The molecule has 42 heteroatoms. The van der Waals surface area contributed by atoms with Gasteiger partial charge < -0.3 is 111 Å².